The molecule has 0 fully saturated rings. The van der Waals surface area contributed by atoms with E-state index in [1.165, 1.54) is 0 Å². The molecule has 0 saturated carbocycles. The van der Waals surface area contributed by atoms with E-state index in [9.17, 15) is 14.4 Å². The topological polar surface area (TPSA) is 66.5 Å². The molecule has 1 unspecified atom stereocenters. The van der Waals surface area contributed by atoms with Gasteiger partial charge in [-0.05, 0) is 37.1 Å². The predicted octanol–water partition coefficient (Wildman–Crippen LogP) is 4.97. The number of nitrogens with one attached hydrogen (secondary N) is 1. The van der Waals surface area contributed by atoms with E-state index in [-0.39, 0.29) is 30.4 Å². The molecule has 1 aliphatic heterocycles. The molecule has 2 amide bonds. The number of Topliss-reactive ketones (excluding diaryl/α,β-unsaturated/α-hetero) is 1. The molecule has 178 valence electrons. The van der Waals surface area contributed by atoms with Crippen LogP contribution in [0.15, 0.2) is 48.5 Å². The van der Waals surface area contributed by atoms with Crippen molar-refractivity contribution in [2.75, 3.05) is 17.2 Å². The van der Waals surface area contributed by atoms with E-state index < -0.39 is 0 Å². The van der Waals surface area contributed by atoms with Crippen molar-refractivity contribution < 1.29 is 14.4 Å². The summed E-state index contributed by atoms with van der Waals surface area (Å²) in [4.78, 5) is 38.3. The zero-order valence-corrected chi connectivity index (χ0v) is 21.3. The first-order valence-electron chi connectivity index (χ1n) is 11.5. The van der Waals surface area contributed by atoms with E-state index in [0.717, 1.165) is 34.6 Å². The summed E-state index contributed by atoms with van der Waals surface area (Å²) in [5.74, 6) is 7.19. The van der Waals surface area contributed by atoms with Crippen molar-refractivity contribution in [3.8, 4) is 11.8 Å². The maximum absolute atomic E-state index is 13.2. The normalized spacial score (nSPS) is 12.8. The average Bonchev–Trinajstić information content (AvgIpc) is 2.82. The second-order valence-corrected chi connectivity index (χ2v) is 11.1. The van der Waals surface area contributed by atoms with Gasteiger partial charge in [0.05, 0.1) is 12.2 Å². The Kier molecular flexibility index (Phi) is 10.1. The fraction of sp³-hybridized carbons (Fsp3) is 0.370. The first-order valence-corrected chi connectivity index (χ1v) is 13.9. The number of nitrogens with zero attached hydrogens (tertiary/aromatic N) is 1. The Morgan fingerprint density at radius 2 is 1.71 bits per heavy atom. The minimum absolute atomic E-state index is 0.0923. The third-order valence-corrected chi connectivity index (χ3v) is 8.35. The van der Waals surface area contributed by atoms with Crippen molar-refractivity contribution in [2.45, 2.75) is 51.3 Å². The molecule has 0 bridgehead atoms. The highest BCUT2D eigenvalue weighted by atomic mass is 33.1. The van der Waals surface area contributed by atoms with Gasteiger partial charge in [0.2, 0.25) is 11.8 Å². The molecule has 34 heavy (non-hydrogen) atoms. The van der Waals surface area contributed by atoms with Crippen molar-refractivity contribution in [3.63, 3.8) is 0 Å². The van der Waals surface area contributed by atoms with Crippen LogP contribution in [0.25, 0.3) is 0 Å². The summed E-state index contributed by atoms with van der Waals surface area (Å²) in [6, 6.07) is 15.5. The van der Waals surface area contributed by atoms with Gasteiger partial charge in [-0.25, -0.2) is 0 Å². The molecule has 1 N–H and O–H groups in total. The van der Waals surface area contributed by atoms with Crippen LogP contribution in [0.5, 0.6) is 0 Å². The highest BCUT2D eigenvalue weighted by Gasteiger charge is 2.21. The van der Waals surface area contributed by atoms with Crippen molar-refractivity contribution in [1.82, 2.24) is 5.32 Å². The number of para-hydroxylation sites is 1. The molecule has 0 aromatic heterocycles. The number of anilines is 1. The molecule has 0 spiro atoms. The Balaban J connectivity index is 1.48. The quantitative estimate of drug-likeness (QED) is 0.271. The van der Waals surface area contributed by atoms with Crippen LogP contribution in [0.4, 0.5) is 5.69 Å². The second kappa shape index (κ2) is 13.3. The van der Waals surface area contributed by atoms with Gasteiger partial charge < -0.3 is 15.0 Å². The first kappa shape index (κ1) is 25.9. The summed E-state index contributed by atoms with van der Waals surface area (Å²) < 4.78 is 0. The first-order chi connectivity index (χ1) is 16.4. The Bertz CT molecular complexity index is 1090. The van der Waals surface area contributed by atoms with Crippen LogP contribution in [-0.2, 0) is 20.9 Å². The number of amides is 2. The number of carbonyl (C=O) groups excluding carboxylic acids is 3. The highest BCUT2D eigenvalue weighted by molar-refractivity contribution is 8.76. The third-order valence-electron chi connectivity index (χ3n) is 5.38. The summed E-state index contributed by atoms with van der Waals surface area (Å²) >= 11 is 0. The van der Waals surface area contributed by atoms with E-state index >= 15 is 0 Å². The summed E-state index contributed by atoms with van der Waals surface area (Å²) in [6.07, 6.45) is 1.77. The summed E-state index contributed by atoms with van der Waals surface area (Å²) in [7, 11) is 3.43. The van der Waals surface area contributed by atoms with E-state index in [1.54, 1.807) is 33.4 Å². The molecule has 0 aliphatic carbocycles. The third kappa shape index (κ3) is 7.96. The summed E-state index contributed by atoms with van der Waals surface area (Å²) in [6.45, 7) is 4.71. The lowest BCUT2D eigenvalue weighted by atomic mass is 10.0. The van der Waals surface area contributed by atoms with Gasteiger partial charge in [-0.3, -0.25) is 9.59 Å². The van der Waals surface area contributed by atoms with Crippen LogP contribution < -0.4 is 10.2 Å². The number of fused-ring (bicyclic) bond motifs is 2. The van der Waals surface area contributed by atoms with Gasteiger partial charge in [-0.1, -0.05) is 70.7 Å². The van der Waals surface area contributed by atoms with Crippen LogP contribution in [0.3, 0.4) is 0 Å². The van der Waals surface area contributed by atoms with Gasteiger partial charge >= 0.3 is 0 Å². The summed E-state index contributed by atoms with van der Waals surface area (Å²) in [5, 5.41) is 3.30. The molecule has 3 rings (SSSR count). The largest absolute Gasteiger partial charge is 0.355 e. The molecular formula is C27H30N2O3S2. The lowest BCUT2D eigenvalue weighted by Gasteiger charge is -2.26. The van der Waals surface area contributed by atoms with Crippen LogP contribution >= 0.6 is 21.6 Å². The van der Waals surface area contributed by atoms with E-state index in [0.29, 0.717) is 24.8 Å². The van der Waals surface area contributed by atoms with Gasteiger partial charge in [-0.2, -0.15) is 0 Å². The van der Waals surface area contributed by atoms with E-state index in [1.807, 2.05) is 48.5 Å². The van der Waals surface area contributed by atoms with Crippen LogP contribution in [0.1, 0.15) is 56.2 Å². The predicted molar refractivity (Wildman–Crippen MR) is 142 cm³/mol. The number of carbonyl (C=O) groups is 3. The standard InChI is InChI=1S/C27H30N2O3S2/c1-20(30)11-12-21(2)34-33-18-17-28-26(31)15-16-27(32)29-19-24-9-4-3-7-22(24)13-14-23-8-5-6-10-25(23)29/h3-10,21H,11-12,15-19H2,1-2H3,(H,28,31). The second-order valence-electron chi connectivity index (χ2n) is 8.22. The minimum Gasteiger partial charge on any atom is -0.355 e. The maximum Gasteiger partial charge on any atom is 0.227 e. The zero-order chi connectivity index (χ0) is 24.3. The monoisotopic (exact) mass is 494 g/mol. The van der Waals surface area contributed by atoms with Crippen LogP contribution in [-0.4, -0.2) is 35.1 Å². The molecule has 7 heteroatoms. The van der Waals surface area contributed by atoms with Crippen LogP contribution in [0, 0.1) is 11.8 Å². The van der Waals surface area contributed by atoms with Crippen molar-refractivity contribution in [2.24, 2.45) is 0 Å². The Morgan fingerprint density at radius 3 is 2.50 bits per heavy atom. The summed E-state index contributed by atoms with van der Waals surface area (Å²) in [5.41, 5.74) is 3.50. The number of hydrogen-bond acceptors (Lipinski definition) is 5. The van der Waals surface area contributed by atoms with Crippen molar-refractivity contribution in [3.05, 3.63) is 65.2 Å². The number of hydrogen-bond donors (Lipinski definition) is 1. The van der Waals surface area contributed by atoms with Crippen LogP contribution in [0.2, 0.25) is 0 Å². The average molecular weight is 495 g/mol. The molecule has 5 nitrogen and oxygen atoms in total. The number of ketones is 1. The van der Waals surface area contributed by atoms with E-state index in [4.69, 9.17) is 0 Å². The fourth-order valence-electron chi connectivity index (χ4n) is 3.50. The smallest absolute Gasteiger partial charge is 0.227 e. The van der Waals surface area contributed by atoms with Gasteiger partial charge in [0.1, 0.15) is 5.78 Å². The molecule has 1 heterocycles. The molecule has 1 aliphatic rings. The maximum atomic E-state index is 13.2. The fourth-order valence-corrected chi connectivity index (χ4v) is 5.75. The molecule has 2 aromatic rings. The minimum atomic E-state index is -0.121. The van der Waals surface area contributed by atoms with E-state index in [2.05, 4.69) is 24.1 Å². The molecule has 1 atom stereocenters. The number of benzene rings is 2. The lowest BCUT2D eigenvalue weighted by Crippen LogP contribution is -2.33. The lowest BCUT2D eigenvalue weighted by molar-refractivity contribution is -0.125. The van der Waals surface area contributed by atoms with Crippen molar-refractivity contribution in [1.29, 1.82) is 0 Å². The zero-order valence-electron chi connectivity index (χ0n) is 19.6. The molecular weight excluding hydrogens is 464 g/mol. The number of rotatable bonds is 11. The molecule has 0 saturated heterocycles. The Labute approximate surface area is 209 Å². The van der Waals surface area contributed by atoms with Crippen molar-refractivity contribution >= 4 is 44.9 Å². The molecule has 0 radical (unpaired) electrons. The Hall–Kier alpha value is -2.69. The highest BCUT2D eigenvalue weighted by Crippen LogP contribution is 2.29. The molecule has 2 aromatic carbocycles. The van der Waals surface area contributed by atoms with Gasteiger partial charge in [0.15, 0.2) is 0 Å². The van der Waals surface area contributed by atoms with Gasteiger partial charge in [0, 0.05) is 47.9 Å². The SMILES string of the molecule is CC(=O)CCC(C)SSCCNC(=O)CCC(=O)N1Cc2ccccc2C#Cc2ccccc21. The van der Waals surface area contributed by atoms with Gasteiger partial charge in [0.25, 0.3) is 0 Å². The Morgan fingerprint density at radius 1 is 1.00 bits per heavy atom. The van der Waals surface area contributed by atoms with Gasteiger partial charge in [-0.15, -0.1) is 0 Å².